The molecule has 2 heterocycles. The number of hydrogen-bond donors (Lipinski definition) is 1. The first-order valence-electron chi connectivity index (χ1n) is 7.43. The fraction of sp³-hybridized carbons (Fsp3) is 1.00. The van der Waals surface area contributed by atoms with Gasteiger partial charge in [-0.3, -0.25) is 0 Å². The molecule has 4 nitrogen and oxygen atoms in total. The van der Waals surface area contributed by atoms with Gasteiger partial charge in [0.15, 0.2) is 5.79 Å². The van der Waals surface area contributed by atoms with E-state index < -0.39 is 5.79 Å². The summed E-state index contributed by atoms with van der Waals surface area (Å²) in [6, 6.07) is 0.616. The van der Waals surface area contributed by atoms with Crippen LogP contribution in [0.1, 0.15) is 46.0 Å². The lowest BCUT2D eigenvalue weighted by atomic mass is 9.96. The van der Waals surface area contributed by atoms with Crippen molar-refractivity contribution in [2.45, 2.75) is 63.9 Å². The predicted molar refractivity (Wildman–Crippen MR) is 72.4 cm³/mol. The van der Waals surface area contributed by atoms with Crippen LogP contribution in [0.5, 0.6) is 0 Å². The van der Waals surface area contributed by atoms with Crippen molar-refractivity contribution in [3.63, 3.8) is 0 Å². The minimum atomic E-state index is -0.394. The molecule has 2 saturated heterocycles. The Kier molecular flexibility index (Phi) is 5.01. The zero-order valence-electron chi connectivity index (χ0n) is 11.9. The molecule has 3 unspecified atom stereocenters. The van der Waals surface area contributed by atoms with E-state index in [9.17, 15) is 0 Å². The Hall–Kier alpha value is -0.160. The molecule has 0 spiro atoms. The van der Waals surface area contributed by atoms with Crippen molar-refractivity contribution in [2.24, 2.45) is 5.73 Å². The number of piperidine rings is 1. The molecule has 2 rings (SSSR count). The van der Waals surface area contributed by atoms with Crippen LogP contribution < -0.4 is 5.73 Å². The van der Waals surface area contributed by atoms with Gasteiger partial charge in [-0.05, 0) is 45.8 Å². The van der Waals surface area contributed by atoms with Crippen LogP contribution in [0.15, 0.2) is 0 Å². The number of hydrogen-bond acceptors (Lipinski definition) is 4. The van der Waals surface area contributed by atoms with Gasteiger partial charge in [-0.2, -0.15) is 0 Å². The average Bonchev–Trinajstić information content (AvgIpc) is 2.72. The standard InChI is InChI=1S/C14H28N2O2/c1-3-16-9-5-4-6-12(16)10-14(2)17-11-13(18-14)7-8-15/h12-13H,3-11,15H2,1-2H3. The van der Waals surface area contributed by atoms with Crippen LogP contribution in [0.25, 0.3) is 0 Å². The minimum Gasteiger partial charge on any atom is -0.347 e. The maximum atomic E-state index is 6.06. The lowest BCUT2D eigenvalue weighted by Gasteiger charge is -2.38. The highest BCUT2D eigenvalue weighted by molar-refractivity contribution is 4.84. The van der Waals surface area contributed by atoms with Crippen molar-refractivity contribution in [1.29, 1.82) is 0 Å². The Morgan fingerprint density at radius 1 is 1.39 bits per heavy atom. The summed E-state index contributed by atoms with van der Waals surface area (Å²) in [6.07, 6.45) is 6.03. The van der Waals surface area contributed by atoms with Crippen molar-refractivity contribution < 1.29 is 9.47 Å². The van der Waals surface area contributed by atoms with E-state index in [1.807, 2.05) is 0 Å². The maximum Gasteiger partial charge on any atom is 0.167 e. The van der Waals surface area contributed by atoms with Gasteiger partial charge in [-0.25, -0.2) is 0 Å². The molecule has 4 heteroatoms. The van der Waals surface area contributed by atoms with Crippen molar-refractivity contribution in [2.75, 3.05) is 26.2 Å². The van der Waals surface area contributed by atoms with Crippen LogP contribution in [-0.4, -0.2) is 49.1 Å². The molecule has 0 aromatic carbocycles. The molecular formula is C14H28N2O2. The SMILES string of the molecule is CCN1CCCCC1CC1(C)OCC(CCN)O1. The highest BCUT2D eigenvalue weighted by atomic mass is 16.7. The first-order valence-corrected chi connectivity index (χ1v) is 7.43. The molecule has 18 heavy (non-hydrogen) atoms. The van der Waals surface area contributed by atoms with Gasteiger partial charge in [-0.1, -0.05) is 13.3 Å². The van der Waals surface area contributed by atoms with Crippen molar-refractivity contribution >= 4 is 0 Å². The number of ether oxygens (including phenoxy) is 2. The third-order valence-corrected chi connectivity index (χ3v) is 4.24. The van der Waals surface area contributed by atoms with Gasteiger partial charge in [0, 0.05) is 12.5 Å². The highest BCUT2D eigenvalue weighted by Gasteiger charge is 2.40. The van der Waals surface area contributed by atoms with Crippen LogP contribution >= 0.6 is 0 Å². The molecule has 0 amide bonds. The molecule has 0 saturated carbocycles. The molecule has 0 aromatic heterocycles. The van der Waals surface area contributed by atoms with Gasteiger partial charge in [-0.15, -0.1) is 0 Å². The zero-order chi connectivity index (χ0) is 13.0. The van der Waals surface area contributed by atoms with Gasteiger partial charge < -0.3 is 20.1 Å². The Balaban J connectivity index is 1.87. The van der Waals surface area contributed by atoms with Crippen LogP contribution in [0.4, 0.5) is 0 Å². The number of nitrogens with two attached hydrogens (primary N) is 1. The van der Waals surface area contributed by atoms with Gasteiger partial charge in [0.25, 0.3) is 0 Å². The second-order valence-electron chi connectivity index (χ2n) is 5.74. The minimum absolute atomic E-state index is 0.193. The molecule has 0 radical (unpaired) electrons. The van der Waals surface area contributed by atoms with E-state index in [2.05, 4.69) is 18.7 Å². The van der Waals surface area contributed by atoms with E-state index in [1.54, 1.807) is 0 Å². The Bertz CT molecular complexity index is 262. The van der Waals surface area contributed by atoms with Crippen LogP contribution in [-0.2, 0) is 9.47 Å². The van der Waals surface area contributed by atoms with E-state index in [4.69, 9.17) is 15.2 Å². The Labute approximate surface area is 111 Å². The number of rotatable bonds is 5. The van der Waals surface area contributed by atoms with E-state index >= 15 is 0 Å². The fourth-order valence-corrected chi connectivity index (χ4v) is 3.26. The smallest absolute Gasteiger partial charge is 0.167 e. The third-order valence-electron chi connectivity index (χ3n) is 4.24. The van der Waals surface area contributed by atoms with Gasteiger partial charge in [0.05, 0.1) is 12.7 Å². The summed E-state index contributed by atoms with van der Waals surface area (Å²) in [5.41, 5.74) is 5.58. The van der Waals surface area contributed by atoms with Gasteiger partial charge in [0.1, 0.15) is 0 Å². The second-order valence-corrected chi connectivity index (χ2v) is 5.74. The van der Waals surface area contributed by atoms with Gasteiger partial charge >= 0.3 is 0 Å². The van der Waals surface area contributed by atoms with E-state index in [-0.39, 0.29) is 6.10 Å². The summed E-state index contributed by atoms with van der Waals surface area (Å²) < 4.78 is 12.0. The summed E-state index contributed by atoms with van der Waals surface area (Å²) >= 11 is 0. The normalized spacial score (nSPS) is 38.2. The maximum absolute atomic E-state index is 6.06. The average molecular weight is 256 g/mol. The lowest BCUT2D eigenvalue weighted by Crippen LogP contribution is -2.44. The second kappa shape index (κ2) is 6.33. The van der Waals surface area contributed by atoms with Crippen molar-refractivity contribution in [1.82, 2.24) is 4.90 Å². The van der Waals surface area contributed by atoms with Crippen molar-refractivity contribution in [3.05, 3.63) is 0 Å². The van der Waals surface area contributed by atoms with Crippen LogP contribution in [0.3, 0.4) is 0 Å². The summed E-state index contributed by atoms with van der Waals surface area (Å²) in [5.74, 6) is -0.394. The van der Waals surface area contributed by atoms with Crippen LogP contribution in [0.2, 0.25) is 0 Å². The van der Waals surface area contributed by atoms with Crippen LogP contribution in [0, 0.1) is 0 Å². The van der Waals surface area contributed by atoms with Crippen molar-refractivity contribution in [3.8, 4) is 0 Å². The Morgan fingerprint density at radius 2 is 2.22 bits per heavy atom. The van der Waals surface area contributed by atoms with E-state index in [0.29, 0.717) is 19.2 Å². The highest BCUT2D eigenvalue weighted by Crippen LogP contribution is 2.33. The topological polar surface area (TPSA) is 47.7 Å². The zero-order valence-corrected chi connectivity index (χ0v) is 11.9. The lowest BCUT2D eigenvalue weighted by molar-refractivity contribution is -0.170. The Morgan fingerprint density at radius 3 is 2.94 bits per heavy atom. The molecule has 3 atom stereocenters. The first kappa shape index (κ1) is 14.3. The predicted octanol–water partition coefficient (Wildman–Crippen LogP) is 1.73. The monoisotopic (exact) mass is 256 g/mol. The van der Waals surface area contributed by atoms with E-state index in [1.165, 1.54) is 25.8 Å². The summed E-state index contributed by atoms with van der Waals surface area (Å²) in [4.78, 5) is 2.57. The first-order chi connectivity index (χ1) is 8.67. The summed E-state index contributed by atoms with van der Waals surface area (Å²) in [5, 5.41) is 0. The fourth-order valence-electron chi connectivity index (χ4n) is 3.26. The number of likely N-dealkylation sites (tertiary alicyclic amines) is 1. The quantitative estimate of drug-likeness (QED) is 0.814. The molecule has 0 aromatic rings. The molecular weight excluding hydrogens is 228 g/mol. The van der Waals surface area contributed by atoms with E-state index in [0.717, 1.165) is 19.4 Å². The third kappa shape index (κ3) is 3.44. The molecule has 0 bridgehead atoms. The van der Waals surface area contributed by atoms with Gasteiger partial charge in [0.2, 0.25) is 0 Å². The molecule has 2 N–H and O–H groups in total. The summed E-state index contributed by atoms with van der Waals surface area (Å²) in [6.45, 7) is 8.07. The number of nitrogens with zero attached hydrogens (tertiary/aromatic N) is 1. The molecule has 2 aliphatic rings. The molecule has 2 aliphatic heterocycles. The largest absolute Gasteiger partial charge is 0.347 e. The molecule has 2 fully saturated rings. The summed E-state index contributed by atoms with van der Waals surface area (Å²) in [7, 11) is 0. The molecule has 106 valence electrons. The molecule has 0 aliphatic carbocycles.